The topological polar surface area (TPSA) is 81.7 Å². The molecule has 0 aliphatic carbocycles. The van der Waals surface area contributed by atoms with Crippen LogP contribution in [0.2, 0.25) is 5.02 Å². The van der Waals surface area contributed by atoms with Crippen LogP contribution in [-0.2, 0) is 14.6 Å². The van der Waals surface area contributed by atoms with E-state index >= 15 is 0 Å². The molecule has 2 aromatic carbocycles. The molecule has 1 N–H and O–H groups in total. The third-order valence-electron chi connectivity index (χ3n) is 3.32. The summed E-state index contributed by atoms with van der Waals surface area (Å²) in [6.45, 7) is 2.91. The molecule has 6 nitrogen and oxygen atoms in total. The van der Waals surface area contributed by atoms with Crippen LogP contribution in [0.4, 0.5) is 0 Å². The van der Waals surface area contributed by atoms with Gasteiger partial charge in [-0.05, 0) is 55.5 Å². The molecule has 140 valence electrons. The highest BCUT2D eigenvalue weighted by Crippen LogP contribution is 2.17. The van der Waals surface area contributed by atoms with E-state index in [1.807, 2.05) is 6.92 Å². The molecular weight excluding hydrogens is 378 g/mol. The summed E-state index contributed by atoms with van der Waals surface area (Å²) in [5, 5.41) is 2.96. The molecular formula is C18H20ClNO5S. The minimum Gasteiger partial charge on any atom is -0.494 e. The van der Waals surface area contributed by atoms with Gasteiger partial charge in [0.25, 0.3) is 0 Å². The highest BCUT2D eigenvalue weighted by atomic mass is 35.5. The highest BCUT2D eigenvalue weighted by molar-refractivity contribution is 7.92. The second kappa shape index (κ2) is 9.45. The molecule has 8 heteroatoms. The number of carbonyl (C=O) groups is 1. The molecule has 0 spiro atoms. The minimum atomic E-state index is -3.70. The first kappa shape index (κ1) is 20.1. The van der Waals surface area contributed by atoms with Crippen molar-refractivity contribution < 1.29 is 22.7 Å². The van der Waals surface area contributed by atoms with Crippen LogP contribution in [0.5, 0.6) is 11.5 Å². The molecule has 0 aromatic heterocycles. The van der Waals surface area contributed by atoms with Crippen molar-refractivity contribution in [2.24, 2.45) is 0 Å². The van der Waals surface area contributed by atoms with Gasteiger partial charge in [-0.3, -0.25) is 4.79 Å². The Morgan fingerprint density at radius 1 is 1.00 bits per heavy atom. The first-order valence-electron chi connectivity index (χ1n) is 8.01. The van der Waals surface area contributed by atoms with Crippen LogP contribution in [0.15, 0.2) is 53.4 Å². The fourth-order valence-corrected chi connectivity index (χ4v) is 3.40. The third-order valence-corrected chi connectivity index (χ3v) is 5.21. The molecule has 2 aromatic rings. The number of sulfone groups is 1. The maximum Gasteiger partial charge on any atom is 0.235 e. The maximum absolute atomic E-state index is 12.1. The van der Waals surface area contributed by atoms with Crippen molar-refractivity contribution >= 4 is 27.3 Å². The lowest BCUT2D eigenvalue weighted by Crippen LogP contribution is -2.33. The predicted molar refractivity (Wildman–Crippen MR) is 99.6 cm³/mol. The first-order chi connectivity index (χ1) is 12.4. The van der Waals surface area contributed by atoms with Gasteiger partial charge in [0.1, 0.15) is 23.9 Å². The molecule has 0 fully saturated rings. The average Bonchev–Trinajstić information content (AvgIpc) is 2.60. The van der Waals surface area contributed by atoms with Crippen LogP contribution >= 0.6 is 11.6 Å². The summed E-state index contributed by atoms with van der Waals surface area (Å²) >= 11 is 5.73. The number of hydrogen-bond donors (Lipinski definition) is 1. The lowest BCUT2D eigenvalue weighted by Gasteiger charge is -2.09. The molecule has 26 heavy (non-hydrogen) atoms. The lowest BCUT2D eigenvalue weighted by atomic mass is 10.3. The van der Waals surface area contributed by atoms with Crippen LogP contribution in [0.3, 0.4) is 0 Å². The van der Waals surface area contributed by atoms with E-state index in [-0.39, 0.29) is 18.0 Å². The first-order valence-corrected chi connectivity index (χ1v) is 10.0. The van der Waals surface area contributed by atoms with E-state index < -0.39 is 21.5 Å². The van der Waals surface area contributed by atoms with E-state index in [2.05, 4.69) is 5.32 Å². The van der Waals surface area contributed by atoms with Gasteiger partial charge in [0, 0.05) is 5.02 Å². The Morgan fingerprint density at radius 3 is 2.15 bits per heavy atom. The molecule has 0 saturated heterocycles. The van der Waals surface area contributed by atoms with Crippen molar-refractivity contribution in [2.75, 3.05) is 25.5 Å². The standard InChI is InChI=1S/C18H20ClNO5S/c1-2-24-15-5-7-16(8-6-15)25-12-11-20-18(21)13-26(22,23)17-9-3-14(19)4-10-17/h3-10H,2,11-13H2,1H3,(H,20,21). The number of rotatable bonds is 9. The molecule has 0 heterocycles. The zero-order valence-electron chi connectivity index (χ0n) is 14.3. The molecule has 0 radical (unpaired) electrons. The summed E-state index contributed by atoms with van der Waals surface area (Å²) in [4.78, 5) is 11.9. The molecule has 0 unspecified atom stereocenters. The van der Waals surface area contributed by atoms with Crippen molar-refractivity contribution in [3.63, 3.8) is 0 Å². The molecule has 0 aliphatic heterocycles. The molecule has 0 aliphatic rings. The zero-order valence-corrected chi connectivity index (χ0v) is 15.8. The number of nitrogens with one attached hydrogen (secondary N) is 1. The monoisotopic (exact) mass is 397 g/mol. The summed E-state index contributed by atoms with van der Waals surface area (Å²) in [5.41, 5.74) is 0. The largest absolute Gasteiger partial charge is 0.494 e. The van der Waals surface area contributed by atoms with E-state index in [1.54, 1.807) is 24.3 Å². The number of hydrogen-bond acceptors (Lipinski definition) is 5. The van der Waals surface area contributed by atoms with Crippen molar-refractivity contribution in [2.45, 2.75) is 11.8 Å². The number of halogens is 1. The van der Waals surface area contributed by atoms with E-state index in [9.17, 15) is 13.2 Å². The highest BCUT2D eigenvalue weighted by Gasteiger charge is 2.18. The van der Waals surface area contributed by atoms with Gasteiger partial charge in [0.05, 0.1) is 18.0 Å². The number of amides is 1. The van der Waals surface area contributed by atoms with E-state index in [0.717, 1.165) is 5.75 Å². The van der Waals surface area contributed by atoms with Crippen LogP contribution in [0.1, 0.15) is 6.92 Å². The van der Waals surface area contributed by atoms with Crippen molar-refractivity contribution in [3.05, 3.63) is 53.6 Å². The summed E-state index contributed by atoms with van der Waals surface area (Å²) in [5.74, 6) is 0.171. The Labute approximate surface area is 158 Å². The zero-order chi connectivity index (χ0) is 19.0. The second-order valence-corrected chi connectivity index (χ2v) is 7.74. The van der Waals surface area contributed by atoms with Crippen molar-refractivity contribution in [3.8, 4) is 11.5 Å². The van der Waals surface area contributed by atoms with Gasteiger partial charge in [0.15, 0.2) is 9.84 Å². The third kappa shape index (κ3) is 6.24. The smallest absolute Gasteiger partial charge is 0.235 e. The van der Waals surface area contributed by atoms with Crippen LogP contribution in [0.25, 0.3) is 0 Å². The fraction of sp³-hybridized carbons (Fsp3) is 0.278. The molecule has 0 atom stereocenters. The number of carbonyl (C=O) groups excluding carboxylic acids is 1. The van der Waals surface area contributed by atoms with Crippen LogP contribution in [0, 0.1) is 0 Å². The maximum atomic E-state index is 12.1. The summed E-state index contributed by atoms with van der Waals surface area (Å²) in [6, 6.07) is 12.8. The Hall–Kier alpha value is -2.25. The summed E-state index contributed by atoms with van der Waals surface area (Å²) < 4.78 is 35.1. The lowest BCUT2D eigenvalue weighted by molar-refractivity contribution is -0.118. The average molecular weight is 398 g/mol. The second-order valence-electron chi connectivity index (χ2n) is 5.32. The Kier molecular flexibility index (Phi) is 7.29. The Morgan fingerprint density at radius 2 is 1.58 bits per heavy atom. The molecule has 0 bridgehead atoms. The van der Waals surface area contributed by atoms with E-state index in [4.69, 9.17) is 21.1 Å². The SMILES string of the molecule is CCOc1ccc(OCCNC(=O)CS(=O)(=O)c2ccc(Cl)cc2)cc1. The van der Waals surface area contributed by atoms with Gasteiger partial charge in [-0.25, -0.2) is 8.42 Å². The minimum absolute atomic E-state index is 0.0580. The van der Waals surface area contributed by atoms with Gasteiger partial charge < -0.3 is 14.8 Å². The quantitative estimate of drug-likeness (QED) is 0.658. The fourth-order valence-electron chi connectivity index (χ4n) is 2.11. The van der Waals surface area contributed by atoms with Gasteiger partial charge >= 0.3 is 0 Å². The van der Waals surface area contributed by atoms with Crippen LogP contribution < -0.4 is 14.8 Å². The van der Waals surface area contributed by atoms with E-state index in [1.165, 1.54) is 24.3 Å². The van der Waals surface area contributed by atoms with Crippen molar-refractivity contribution in [1.82, 2.24) is 5.32 Å². The van der Waals surface area contributed by atoms with Crippen LogP contribution in [-0.4, -0.2) is 39.8 Å². The van der Waals surface area contributed by atoms with Gasteiger partial charge in [-0.15, -0.1) is 0 Å². The molecule has 2 rings (SSSR count). The predicted octanol–water partition coefficient (Wildman–Crippen LogP) is 2.71. The Balaban J connectivity index is 1.75. The molecule has 1 amide bonds. The molecule has 0 saturated carbocycles. The number of benzene rings is 2. The van der Waals surface area contributed by atoms with E-state index in [0.29, 0.717) is 17.4 Å². The van der Waals surface area contributed by atoms with Gasteiger partial charge in [-0.2, -0.15) is 0 Å². The van der Waals surface area contributed by atoms with Gasteiger partial charge in [0.2, 0.25) is 5.91 Å². The normalized spacial score (nSPS) is 11.0. The number of ether oxygens (including phenoxy) is 2. The van der Waals surface area contributed by atoms with Crippen molar-refractivity contribution in [1.29, 1.82) is 0 Å². The van der Waals surface area contributed by atoms with Gasteiger partial charge in [-0.1, -0.05) is 11.6 Å². The summed E-state index contributed by atoms with van der Waals surface area (Å²) in [7, 11) is -3.70. The Bertz CT molecular complexity index is 820. The summed E-state index contributed by atoms with van der Waals surface area (Å²) in [6.07, 6.45) is 0.